The fourth-order valence-corrected chi connectivity index (χ4v) is 2.24. The summed E-state index contributed by atoms with van der Waals surface area (Å²) in [6.45, 7) is 9.39. The van der Waals surface area contributed by atoms with Crippen molar-refractivity contribution in [2.24, 2.45) is 23.7 Å². The van der Waals surface area contributed by atoms with E-state index in [0.29, 0.717) is 0 Å². The predicted molar refractivity (Wildman–Crippen MR) is 45.9 cm³/mol. The minimum absolute atomic E-state index is 0.906. The van der Waals surface area contributed by atoms with Crippen molar-refractivity contribution in [1.29, 1.82) is 0 Å². The van der Waals surface area contributed by atoms with Crippen LogP contribution in [0.15, 0.2) is 0 Å². The maximum absolute atomic E-state index is 2.40. The first-order valence-electron chi connectivity index (χ1n) is 4.66. The van der Waals surface area contributed by atoms with E-state index >= 15 is 0 Å². The van der Waals surface area contributed by atoms with Gasteiger partial charge in [0.15, 0.2) is 0 Å². The molecular weight excluding hydrogens is 120 g/mol. The lowest BCUT2D eigenvalue weighted by Crippen LogP contribution is -1.90. The molecule has 0 saturated heterocycles. The van der Waals surface area contributed by atoms with Crippen LogP contribution < -0.4 is 0 Å². The van der Waals surface area contributed by atoms with E-state index in [2.05, 4.69) is 27.7 Å². The highest BCUT2D eigenvalue weighted by Crippen LogP contribution is 2.51. The summed E-state index contributed by atoms with van der Waals surface area (Å²) in [7, 11) is 0. The summed E-state index contributed by atoms with van der Waals surface area (Å²) in [5, 5.41) is 0. The number of rotatable bonds is 3. The summed E-state index contributed by atoms with van der Waals surface area (Å²) in [6.07, 6.45) is 2.86. The first kappa shape index (κ1) is 8.10. The van der Waals surface area contributed by atoms with Gasteiger partial charge in [-0.1, -0.05) is 34.1 Å². The predicted octanol–water partition coefficient (Wildman–Crippen LogP) is 3.32. The van der Waals surface area contributed by atoms with Gasteiger partial charge >= 0.3 is 0 Å². The molecule has 1 saturated carbocycles. The van der Waals surface area contributed by atoms with Gasteiger partial charge in [0, 0.05) is 0 Å². The highest BCUT2D eigenvalue weighted by atomic mass is 14.5. The van der Waals surface area contributed by atoms with Gasteiger partial charge in [-0.05, 0) is 30.1 Å². The van der Waals surface area contributed by atoms with Crippen LogP contribution in [0.2, 0.25) is 0 Å². The Morgan fingerprint density at radius 2 is 1.80 bits per heavy atom. The monoisotopic (exact) mass is 140 g/mol. The van der Waals surface area contributed by atoms with Crippen molar-refractivity contribution in [3.8, 4) is 0 Å². The van der Waals surface area contributed by atoms with Crippen LogP contribution in [0.3, 0.4) is 0 Å². The molecule has 0 amide bonds. The number of hydrogen-bond acceptors (Lipinski definition) is 0. The van der Waals surface area contributed by atoms with E-state index in [1.807, 2.05) is 0 Å². The molecule has 0 heterocycles. The lowest BCUT2D eigenvalue weighted by molar-refractivity contribution is 0.502. The van der Waals surface area contributed by atoms with E-state index in [1.165, 1.54) is 12.8 Å². The van der Waals surface area contributed by atoms with Crippen molar-refractivity contribution in [2.45, 2.75) is 40.5 Å². The van der Waals surface area contributed by atoms with E-state index in [9.17, 15) is 0 Å². The van der Waals surface area contributed by atoms with Crippen molar-refractivity contribution in [3.63, 3.8) is 0 Å². The zero-order chi connectivity index (χ0) is 7.72. The fraction of sp³-hybridized carbons (Fsp3) is 1.00. The molecule has 1 aliphatic rings. The molecule has 0 bridgehead atoms. The molecule has 0 heteroatoms. The van der Waals surface area contributed by atoms with Crippen LogP contribution in [0.25, 0.3) is 0 Å². The molecule has 0 spiro atoms. The van der Waals surface area contributed by atoms with Crippen molar-refractivity contribution < 1.29 is 0 Å². The molecule has 0 aromatic heterocycles. The van der Waals surface area contributed by atoms with Crippen molar-refractivity contribution in [3.05, 3.63) is 0 Å². The van der Waals surface area contributed by atoms with Crippen LogP contribution in [-0.4, -0.2) is 0 Å². The van der Waals surface area contributed by atoms with E-state index in [0.717, 1.165) is 23.7 Å². The Kier molecular flexibility index (Phi) is 2.38. The van der Waals surface area contributed by atoms with Crippen LogP contribution >= 0.6 is 0 Å². The summed E-state index contributed by atoms with van der Waals surface area (Å²) >= 11 is 0. The van der Waals surface area contributed by atoms with E-state index in [1.54, 1.807) is 0 Å². The molecule has 0 nitrogen and oxygen atoms in total. The Morgan fingerprint density at radius 3 is 2.10 bits per heavy atom. The molecule has 0 N–H and O–H groups in total. The summed E-state index contributed by atoms with van der Waals surface area (Å²) in [6, 6.07) is 0. The van der Waals surface area contributed by atoms with Crippen molar-refractivity contribution >= 4 is 0 Å². The number of hydrogen-bond donors (Lipinski definition) is 0. The molecule has 0 radical (unpaired) electrons. The molecular formula is C10H20. The summed E-state index contributed by atoms with van der Waals surface area (Å²) in [4.78, 5) is 0. The van der Waals surface area contributed by atoms with E-state index < -0.39 is 0 Å². The largest absolute Gasteiger partial charge is 0.0651 e. The molecule has 3 unspecified atom stereocenters. The Balaban J connectivity index is 2.21. The Hall–Kier alpha value is 0. The van der Waals surface area contributed by atoms with E-state index in [4.69, 9.17) is 0 Å². The molecule has 0 aromatic rings. The lowest BCUT2D eigenvalue weighted by Gasteiger charge is -2.01. The Morgan fingerprint density at radius 1 is 1.20 bits per heavy atom. The van der Waals surface area contributed by atoms with Crippen LogP contribution in [-0.2, 0) is 0 Å². The van der Waals surface area contributed by atoms with Gasteiger partial charge in [0.05, 0.1) is 0 Å². The lowest BCUT2D eigenvalue weighted by atomic mass is 10.0. The summed E-state index contributed by atoms with van der Waals surface area (Å²) in [5.74, 6) is 4.09. The molecule has 0 aromatic carbocycles. The molecule has 1 rings (SSSR count). The Labute approximate surface area is 65.0 Å². The topological polar surface area (TPSA) is 0 Å². The normalized spacial score (nSPS) is 38.7. The minimum atomic E-state index is 0.906. The zero-order valence-electron chi connectivity index (χ0n) is 7.72. The summed E-state index contributed by atoms with van der Waals surface area (Å²) in [5.41, 5.74) is 0. The fourth-order valence-electron chi connectivity index (χ4n) is 2.24. The first-order valence-corrected chi connectivity index (χ1v) is 4.66. The average Bonchev–Trinajstić information content (AvgIpc) is 2.41. The molecule has 60 valence electrons. The van der Waals surface area contributed by atoms with Crippen LogP contribution in [0, 0.1) is 23.7 Å². The van der Waals surface area contributed by atoms with Crippen LogP contribution in [0.5, 0.6) is 0 Å². The van der Waals surface area contributed by atoms with Gasteiger partial charge in [-0.3, -0.25) is 0 Å². The Bertz CT molecular complexity index is 105. The second kappa shape index (κ2) is 2.94. The van der Waals surface area contributed by atoms with Gasteiger partial charge in [-0.15, -0.1) is 0 Å². The second-order valence-corrected chi connectivity index (χ2v) is 4.22. The van der Waals surface area contributed by atoms with Gasteiger partial charge in [0.2, 0.25) is 0 Å². The van der Waals surface area contributed by atoms with Crippen LogP contribution in [0.1, 0.15) is 40.5 Å². The SMILES string of the molecule is CCC1C(C)C1CC(C)C. The van der Waals surface area contributed by atoms with Gasteiger partial charge in [0.1, 0.15) is 0 Å². The van der Waals surface area contributed by atoms with Crippen molar-refractivity contribution in [2.75, 3.05) is 0 Å². The van der Waals surface area contributed by atoms with Crippen molar-refractivity contribution in [1.82, 2.24) is 0 Å². The standard InChI is InChI=1S/C10H20/c1-5-9-8(4)10(9)6-7(2)3/h7-10H,5-6H2,1-4H3. The third-order valence-electron chi connectivity index (χ3n) is 2.97. The van der Waals surface area contributed by atoms with Gasteiger partial charge in [-0.2, -0.15) is 0 Å². The van der Waals surface area contributed by atoms with Gasteiger partial charge in [0.25, 0.3) is 0 Å². The van der Waals surface area contributed by atoms with E-state index in [-0.39, 0.29) is 0 Å². The van der Waals surface area contributed by atoms with Gasteiger partial charge in [-0.25, -0.2) is 0 Å². The maximum atomic E-state index is 2.40. The smallest absolute Gasteiger partial charge is 0.0352 e. The third kappa shape index (κ3) is 1.53. The molecule has 0 aliphatic heterocycles. The maximum Gasteiger partial charge on any atom is -0.0352 e. The quantitative estimate of drug-likeness (QED) is 0.564. The van der Waals surface area contributed by atoms with Gasteiger partial charge < -0.3 is 0 Å². The molecule has 1 fully saturated rings. The molecule has 10 heavy (non-hydrogen) atoms. The molecule has 1 aliphatic carbocycles. The molecule has 3 atom stereocenters. The average molecular weight is 140 g/mol. The third-order valence-corrected chi connectivity index (χ3v) is 2.97. The first-order chi connectivity index (χ1) is 4.66. The summed E-state index contributed by atoms with van der Waals surface area (Å²) < 4.78 is 0. The second-order valence-electron chi connectivity index (χ2n) is 4.22. The highest BCUT2D eigenvalue weighted by molar-refractivity contribution is 4.93. The zero-order valence-corrected chi connectivity index (χ0v) is 7.72. The minimum Gasteiger partial charge on any atom is -0.0651 e. The van der Waals surface area contributed by atoms with Crippen LogP contribution in [0.4, 0.5) is 0 Å². The highest BCUT2D eigenvalue weighted by Gasteiger charge is 2.44.